The zero-order valence-corrected chi connectivity index (χ0v) is 7.06. The highest BCUT2D eigenvalue weighted by Gasteiger charge is 1.98. The van der Waals surface area contributed by atoms with Gasteiger partial charge in [-0.05, 0) is 13.0 Å². The maximum atomic E-state index is 10.00. The van der Waals surface area contributed by atoms with E-state index < -0.39 is 0 Å². The topological polar surface area (TPSA) is 46.7 Å². The first-order valence-electron chi connectivity index (χ1n) is 3.83. The van der Waals surface area contributed by atoms with Crippen LogP contribution >= 0.6 is 0 Å². The molecule has 4 nitrogen and oxygen atoms in total. The number of fused-ring (bicyclic) bond motifs is 1. The van der Waals surface area contributed by atoms with Gasteiger partial charge in [0.15, 0.2) is 0 Å². The predicted molar refractivity (Wildman–Crippen MR) is 47.7 cm³/mol. The number of pyridine rings is 1. The molecule has 0 aliphatic rings. The molecule has 0 atom stereocenters. The minimum Gasteiger partial charge on any atom is -0.304 e. The van der Waals surface area contributed by atoms with E-state index in [-0.39, 0.29) is 0 Å². The number of hydrogen-bond donors (Lipinski definition) is 0. The molecule has 0 bridgehead atoms. The third-order valence-electron chi connectivity index (χ3n) is 1.86. The fourth-order valence-corrected chi connectivity index (χ4v) is 1.22. The van der Waals surface area contributed by atoms with Crippen molar-refractivity contribution >= 4 is 17.4 Å². The second kappa shape index (κ2) is 2.84. The van der Waals surface area contributed by atoms with Crippen molar-refractivity contribution in [3.63, 3.8) is 0 Å². The number of isocyanates is 1. The van der Waals surface area contributed by atoms with Gasteiger partial charge in [0, 0.05) is 24.2 Å². The van der Waals surface area contributed by atoms with E-state index in [1.807, 2.05) is 17.5 Å². The monoisotopic (exact) mass is 173 g/mol. The first-order valence-corrected chi connectivity index (χ1v) is 3.83. The maximum absolute atomic E-state index is 10.00. The van der Waals surface area contributed by atoms with Crippen LogP contribution < -0.4 is 0 Å². The molecule has 2 rings (SSSR count). The third-order valence-corrected chi connectivity index (χ3v) is 1.86. The normalized spacial score (nSPS) is 9.92. The quantitative estimate of drug-likeness (QED) is 0.485. The zero-order valence-electron chi connectivity index (χ0n) is 7.06. The largest absolute Gasteiger partial charge is 0.304 e. The first kappa shape index (κ1) is 7.71. The van der Waals surface area contributed by atoms with Crippen molar-refractivity contribution in [2.24, 2.45) is 4.99 Å². The van der Waals surface area contributed by atoms with E-state index in [1.54, 1.807) is 18.3 Å². The van der Waals surface area contributed by atoms with Crippen molar-refractivity contribution in [2.75, 3.05) is 0 Å². The molecule has 0 N–H and O–H groups in total. The Bertz CT molecular complexity index is 495. The predicted octanol–water partition coefficient (Wildman–Crippen LogP) is 1.61. The highest BCUT2D eigenvalue weighted by Crippen LogP contribution is 2.14. The molecular weight excluding hydrogens is 166 g/mol. The van der Waals surface area contributed by atoms with Gasteiger partial charge in [0.05, 0.1) is 5.69 Å². The van der Waals surface area contributed by atoms with Gasteiger partial charge in [0.1, 0.15) is 5.65 Å². The van der Waals surface area contributed by atoms with Crippen molar-refractivity contribution in [1.82, 2.24) is 9.38 Å². The van der Waals surface area contributed by atoms with Crippen molar-refractivity contribution in [3.05, 3.63) is 30.2 Å². The number of aliphatic imine (C=N–C) groups is 1. The first-order chi connectivity index (χ1) is 6.31. The average molecular weight is 173 g/mol. The number of carbonyl (C=O) groups excluding carboxylic acids is 1. The van der Waals surface area contributed by atoms with Gasteiger partial charge in [-0.15, -0.1) is 0 Å². The summed E-state index contributed by atoms with van der Waals surface area (Å²) in [7, 11) is 0. The lowest BCUT2D eigenvalue weighted by Gasteiger charge is -1.95. The Morgan fingerprint density at radius 3 is 3.23 bits per heavy atom. The summed E-state index contributed by atoms with van der Waals surface area (Å²) in [6.45, 7) is 1.96. The van der Waals surface area contributed by atoms with E-state index in [4.69, 9.17) is 0 Å². The van der Waals surface area contributed by atoms with Crippen LogP contribution in [0.15, 0.2) is 29.5 Å². The van der Waals surface area contributed by atoms with Crippen LogP contribution in [-0.4, -0.2) is 15.5 Å². The Kier molecular flexibility index (Phi) is 1.69. The molecule has 0 aliphatic carbocycles. The van der Waals surface area contributed by atoms with Crippen LogP contribution in [0, 0.1) is 6.92 Å². The van der Waals surface area contributed by atoms with E-state index in [2.05, 4.69) is 9.98 Å². The zero-order chi connectivity index (χ0) is 9.26. The van der Waals surface area contributed by atoms with Crippen LogP contribution in [0.1, 0.15) is 5.69 Å². The van der Waals surface area contributed by atoms with Crippen LogP contribution in [0.4, 0.5) is 5.69 Å². The van der Waals surface area contributed by atoms with Gasteiger partial charge < -0.3 is 4.40 Å². The lowest BCUT2D eigenvalue weighted by molar-refractivity contribution is 0.565. The summed E-state index contributed by atoms with van der Waals surface area (Å²) < 4.78 is 1.92. The molecule has 0 saturated heterocycles. The minimum atomic E-state index is 0.577. The maximum Gasteiger partial charge on any atom is 0.240 e. The molecule has 0 aliphatic heterocycles. The SMILES string of the molecule is Cc1cnc2cc(N=C=O)ccn12. The van der Waals surface area contributed by atoms with Gasteiger partial charge in [-0.3, -0.25) is 0 Å². The number of nitrogens with zero attached hydrogens (tertiary/aromatic N) is 3. The van der Waals surface area contributed by atoms with Crippen LogP contribution in [0.2, 0.25) is 0 Å². The Balaban J connectivity index is 2.69. The fourth-order valence-electron chi connectivity index (χ4n) is 1.22. The molecule has 4 heteroatoms. The smallest absolute Gasteiger partial charge is 0.240 e. The average Bonchev–Trinajstić information content (AvgIpc) is 2.48. The highest BCUT2D eigenvalue weighted by atomic mass is 16.1. The van der Waals surface area contributed by atoms with Gasteiger partial charge in [-0.2, -0.15) is 4.99 Å². The number of aryl methyl sites for hydroxylation is 1. The molecule has 0 fully saturated rings. The van der Waals surface area contributed by atoms with E-state index in [0.29, 0.717) is 5.69 Å². The molecule has 2 aromatic rings. The molecule has 0 radical (unpaired) electrons. The number of imidazole rings is 1. The molecule has 64 valence electrons. The van der Waals surface area contributed by atoms with Gasteiger partial charge >= 0.3 is 0 Å². The number of rotatable bonds is 1. The molecule has 2 aromatic heterocycles. The molecule has 0 spiro atoms. The van der Waals surface area contributed by atoms with E-state index >= 15 is 0 Å². The van der Waals surface area contributed by atoms with Crippen molar-refractivity contribution < 1.29 is 4.79 Å². The van der Waals surface area contributed by atoms with E-state index in [1.165, 1.54) is 6.08 Å². The van der Waals surface area contributed by atoms with Gasteiger partial charge in [-0.25, -0.2) is 9.78 Å². The standard InChI is InChI=1S/C9H7N3O/c1-7-5-10-9-4-8(11-6-13)2-3-12(7)9/h2-5H,1H3. The van der Waals surface area contributed by atoms with E-state index in [9.17, 15) is 4.79 Å². The summed E-state index contributed by atoms with van der Waals surface area (Å²) in [5.74, 6) is 0. The lowest BCUT2D eigenvalue weighted by atomic mass is 10.4. The van der Waals surface area contributed by atoms with E-state index in [0.717, 1.165) is 11.3 Å². The molecule has 0 amide bonds. The second-order valence-electron chi connectivity index (χ2n) is 2.72. The lowest BCUT2D eigenvalue weighted by Crippen LogP contribution is -1.84. The molecule has 2 heterocycles. The molecule has 0 saturated carbocycles. The summed E-state index contributed by atoms with van der Waals surface area (Å²) in [6.07, 6.45) is 5.09. The highest BCUT2D eigenvalue weighted by molar-refractivity contribution is 5.56. The fraction of sp³-hybridized carbons (Fsp3) is 0.111. The van der Waals surface area contributed by atoms with Gasteiger partial charge in [-0.1, -0.05) is 0 Å². The van der Waals surface area contributed by atoms with Crippen LogP contribution in [-0.2, 0) is 4.79 Å². The molecule has 0 aromatic carbocycles. The third kappa shape index (κ3) is 1.23. The van der Waals surface area contributed by atoms with Gasteiger partial charge in [0.25, 0.3) is 0 Å². The van der Waals surface area contributed by atoms with Gasteiger partial charge in [0.2, 0.25) is 6.08 Å². The van der Waals surface area contributed by atoms with Crippen LogP contribution in [0.3, 0.4) is 0 Å². The summed E-state index contributed by atoms with van der Waals surface area (Å²) in [4.78, 5) is 17.6. The second-order valence-corrected chi connectivity index (χ2v) is 2.72. The number of aromatic nitrogens is 2. The Hall–Kier alpha value is -1.93. The van der Waals surface area contributed by atoms with Crippen LogP contribution in [0.5, 0.6) is 0 Å². The Morgan fingerprint density at radius 2 is 2.46 bits per heavy atom. The van der Waals surface area contributed by atoms with Crippen molar-refractivity contribution in [3.8, 4) is 0 Å². The Labute approximate surface area is 74.6 Å². The molecule has 13 heavy (non-hydrogen) atoms. The summed E-state index contributed by atoms with van der Waals surface area (Å²) >= 11 is 0. The van der Waals surface area contributed by atoms with Crippen LogP contribution in [0.25, 0.3) is 5.65 Å². The summed E-state index contributed by atoms with van der Waals surface area (Å²) in [6, 6.07) is 3.48. The summed E-state index contributed by atoms with van der Waals surface area (Å²) in [5, 5.41) is 0. The molecule has 0 unspecified atom stereocenters. The van der Waals surface area contributed by atoms with Crippen molar-refractivity contribution in [2.45, 2.75) is 6.92 Å². The number of hydrogen-bond acceptors (Lipinski definition) is 3. The summed E-state index contributed by atoms with van der Waals surface area (Å²) in [5.41, 5.74) is 2.42. The molecular formula is C9H7N3O. The van der Waals surface area contributed by atoms with Crippen molar-refractivity contribution in [1.29, 1.82) is 0 Å². The minimum absolute atomic E-state index is 0.577. The Morgan fingerprint density at radius 1 is 1.62 bits per heavy atom.